The molecule has 0 saturated carbocycles. The van der Waals surface area contributed by atoms with E-state index in [-0.39, 0.29) is 18.2 Å². The van der Waals surface area contributed by atoms with Crippen molar-refractivity contribution in [2.24, 2.45) is 0 Å². The minimum atomic E-state index is -0.149. The Morgan fingerprint density at radius 2 is 2.18 bits per heavy atom. The van der Waals surface area contributed by atoms with E-state index in [0.29, 0.717) is 23.1 Å². The molecule has 0 aliphatic carbocycles. The number of carbonyl (C=O) groups is 2. The van der Waals surface area contributed by atoms with E-state index >= 15 is 0 Å². The first-order valence-electron chi connectivity index (χ1n) is 5.00. The van der Waals surface area contributed by atoms with Crippen molar-refractivity contribution in [2.75, 3.05) is 13.1 Å². The number of rotatable bonds is 6. The van der Waals surface area contributed by atoms with Crippen molar-refractivity contribution < 1.29 is 9.59 Å². The average molecular weight is 317 g/mol. The lowest BCUT2D eigenvalue weighted by Gasteiger charge is -2.05. The van der Waals surface area contributed by atoms with Crippen LogP contribution < -0.4 is 10.6 Å². The molecule has 0 spiro atoms. The summed E-state index contributed by atoms with van der Waals surface area (Å²) in [4.78, 5) is 22.8. The zero-order valence-electron chi connectivity index (χ0n) is 9.16. The van der Waals surface area contributed by atoms with Gasteiger partial charge in [-0.1, -0.05) is 22.5 Å². The largest absolute Gasteiger partial charge is 0.351 e. The zero-order chi connectivity index (χ0) is 12.7. The van der Waals surface area contributed by atoms with Gasteiger partial charge in [-0.15, -0.1) is 0 Å². The summed E-state index contributed by atoms with van der Waals surface area (Å²) in [6, 6.07) is 1.74. The molecule has 92 valence electrons. The van der Waals surface area contributed by atoms with Gasteiger partial charge in [0.2, 0.25) is 5.91 Å². The van der Waals surface area contributed by atoms with Gasteiger partial charge in [0, 0.05) is 34.9 Å². The van der Waals surface area contributed by atoms with Crippen molar-refractivity contribution in [1.82, 2.24) is 10.6 Å². The molecule has 1 aromatic heterocycles. The molecule has 0 fully saturated rings. The Labute approximate surface area is 112 Å². The summed E-state index contributed by atoms with van der Waals surface area (Å²) < 4.78 is 0.716. The predicted molar refractivity (Wildman–Crippen MR) is 72.3 cm³/mol. The molecule has 0 aromatic carbocycles. The number of amides is 2. The van der Waals surface area contributed by atoms with Crippen molar-refractivity contribution in [3.05, 3.63) is 33.5 Å². The van der Waals surface area contributed by atoms with Gasteiger partial charge in [0.15, 0.2) is 0 Å². The first-order valence-corrected chi connectivity index (χ1v) is 6.73. The van der Waals surface area contributed by atoms with Crippen LogP contribution in [-0.2, 0) is 4.79 Å². The number of hydrogen-bond donors (Lipinski definition) is 2. The molecular formula is C11H13BrN2O2S. The Balaban J connectivity index is 2.17. The molecule has 0 unspecified atom stereocenters. The summed E-state index contributed by atoms with van der Waals surface area (Å²) in [5, 5.41) is 8.94. The predicted octanol–water partition coefficient (Wildman–Crippen LogP) is 1.89. The third kappa shape index (κ3) is 5.65. The molecule has 1 rings (SSSR count). The number of thiophene rings is 1. The first kappa shape index (κ1) is 13.9. The van der Waals surface area contributed by atoms with E-state index in [0.717, 1.165) is 0 Å². The lowest BCUT2D eigenvalue weighted by Crippen LogP contribution is -2.31. The van der Waals surface area contributed by atoms with Crippen LogP contribution in [0.4, 0.5) is 0 Å². The maximum atomic E-state index is 11.5. The van der Waals surface area contributed by atoms with E-state index in [1.54, 1.807) is 11.4 Å². The lowest BCUT2D eigenvalue weighted by molar-refractivity contribution is -0.120. The normalized spacial score (nSPS) is 9.71. The van der Waals surface area contributed by atoms with Crippen LogP contribution >= 0.6 is 27.3 Å². The van der Waals surface area contributed by atoms with E-state index in [1.807, 2.05) is 5.38 Å². The van der Waals surface area contributed by atoms with E-state index in [2.05, 4.69) is 33.1 Å². The summed E-state index contributed by atoms with van der Waals surface area (Å²) in [5.41, 5.74) is 0.629. The van der Waals surface area contributed by atoms with Gasteiger partial charge in [0.25, 0.3) is 5.91 Å². The summed E-state index contributed by atoms with van der Waals surface area (Å²) in [6.07, 6.45) is 0.260. The van der Waals surface area contributed by atoms with Gasteiger partial charge in [-0.3, -0.25) is 9.59 Å². The van der Waals surface area contributed by atoms with Gasteiger partial charge in [-0.25, -0.2) is 0 Å². The summed E-state index contributed by atoms with van der Waals surface area (Å²) in [5.74, 6) is -0.264. The standard InChI is InChI=1S/C11H13BrN2O2S/c1-8(12)6-14-10(15)2-4-13-11(16)9-3-5-17-7-9/h3,5,7H,1-2,4,6H2,(H,13,16)(H,14,15). The Morgan fingerprint density at radius 1 is 1.41 bits per heavy atom. The molecule has 4 nitrogen and oxygen atoms in total. The SMILES string of the molecule is C=C(Br)CNC(=O)CCNC(=O)c1ccsc1. The Morgan fingerprint density at radius 3 is 2.76 bits per heavy atom. The minimum Gasteiger partial charge on any atom is -0.351 e. The smallest absolute Gasteiger partial charge is 0.252 e. The van der Waals surface area contributed by atoms with Crippen molar-refractivity contribution in [1.29, 1.82) is 0 Å². The van der Waals surface area contributed by atoms with Crippen LogP contribution in [0.2, 0.25) is 0 Å². The Kier molecular flexibility index (Phi) is 5.93. The summed E-state index contributed by atoms with van der Waals surface area (Å²) in [7, 11) is 0. The molecule has 1 aromatic rings. The van der Waals surface area contributed by atoms with Crippen LogP contribution in [0.5, 0.6) is 0 Å². The summed E-state index contributed by atoms with van der Waals surface area (Å²) in [6.45, 7) is 4.33. The van der Waals surface area contributed by atoms with Crippen molar-refractivity contribution >= 4 is 39.1 Å². The highest BCUT2D eigenvalue weighted by Gasteiger charge is 2.06. The maximum absolute atomic E-state index is 11.5. The van der Waals surface area contributed by atoms with Gasteiger partial charge >= 0.3 is 0 Å². The van der Waals surface area contributed by atoms with Crippen LogP contribution in [-0.4, -0.2) is 24.9 Å². The van der Waals surface area contributed by atoms with Crippen molar-refractivity contribution in [3.8, 4) is 0 Å². The van der Waals surface area contributed by atoms with Crippen LogP contribution in [0.25, 0.3) is 0 Å². The molecular weight excluding hydrogens is 304 g/mol. The second-order valence-electron chi connectivity index (χ2n) is 3.31. The highest BCUT2D eigenvalue weighted by Crippen LogP contribution is 2.05. The molecule has 0 radical (unpaired) electrons. The van der Waals surface area contributed by atoms with Crippen molar-refractivity contribution in [3.63, 3.8) is 0 Å². The van der Waals surface area contributed by atoms with Gasteiger partial charge in [0.1, 0.15) is 0 Å². The number of nitrogens with one attached hydrogen (secondary N) is 2. The lowest BCUT2D eigenvalue weighted by atomic mass is 10.3. The highest BCUT2D eigenvalue weighted by atomic mass is 79.9. The quantitative estimate of drug-likeness (QED) is 0.842. The monoisotopic (exact) mass is 316 g/mol. The van der Waals surface area contributed by atoms with Crippen LogP contribution in [0.15, 0.2) is 27.9 Å². The number of carbonyl (C=O) groups excluding carboxylic acids is 2. The Bertz CT molecular complexity index is 404. The molecule has 0 aliphatic rings. The second-order valence-corrected chi connectivity index (χ2v) is 5.21. The third-order valence-corrected chi connectivity index (χ3v) is 2.86. The molecule has 0 bridgehead atoms. The van der Waals surface area contributed by atoms with Crippen molar-refractivity contribution in [2.45, 2.75) is 6.42 Å². The molecule has 2 N–H and O–H groups in total. The fraction of sp³-hybridized carbons (Fsp3) is 0.273. The molecule has 17 heavy (non-hydrogen) atoms. The van der Waals surface area contributed by atoms with Gasteiger partial charge in [-0.05, 0) is 11.4 Å². The summed E-state index contributed by atoms with van der Waals surface area (Å²) >= 11 is 4.61. The molecule has 6 heteroatoms. The van der Waals surface area contributed by atoms with Crippen LogP contribution in [0.1, 0.15) is 16.8 Å². The topological polar surface area (TPSA) is 58.2 Å². The molecule has 0 aliphatic heterocycles. The zero-order valence-corrected chi connectivity index (χ0v) is 11.6. The highest BCUT2D eigenvalue weighted by molar-refractivity contribution is 9.11. The molecule has 0 atom stereocenters. The van der Waals surface area contributed by atoms with Crippen LogP contribution in [0.3, 0.4) is 0 Å². The van der Waals surface area contributed by atoms with Crippen LogP contribution in [0, 0.1) is 0 Å². The van der Waals surface area contributed by atoms with Gasteiger partial charge < -0.3 is 10.6 Å². The maximum Gasteiger partial charge on any atom is 0.252 e. The van der Waals surface area contributed by atoms with E-state index in [1.165, 1.54) is 11.3 Å². The fourth-order valence-corrected chi connectivity index (χ4v) is 1.84. The minimum absolute atomic E-state index is 0.115. The van der Waals surface area contributed by atoms with E-state index in [9.17, 15) is 9.59 Å². The molecule has 1 heterocycles. The van der Waals surface area contributed by atoms with Gasteiger partial charge in [-0.2, -0.15) is 11.3 Å². The second kappa shape index (κ2) is 7.24. The number of hydrogen-bond acceptors (Lipinski definition) is 3. The fourth-order valence-electron chi connectivity index (χ4n) is 1.07. The van der Waals surface area contributed by atoms with E-state index in [4.69, 9.17) is 0 Å². The van der Waals surface area contributed by atoms with Gasteiger partial charge in [0.05, 0.1) is 0 Å². The molecule has 2 amide bonds. The van der Waals surface area contributed by atoms with E-state index < -0.39 is 0 Å². The number of halogens is 1. The molecule has 0 saturated heterocycles. The first-order chi connectivity index (χ1) is 8.09. The third-order valence-electron chi connectivity index (χ3n) is 1.90. The average Bonchev–Trinajstić information content (AvgIpc) is 2.79. The Hall–Kier alpha value is -1.14.